The first-order valence-corrected chi connectivity index (χ1v) is 9.08. The van der Waals surface area contributed by atoms with Gasteiger partial charge in [-0.3, -0.25) is 4.90 Å². The maximum Gasteiger partial charge on any atom is 0.244 e. The normalized spacial score (nSPS) is 17.4. The van der Waals surface area contributed by atoms with Gasteiger partial charge in [-0.2, -0.15) is 4.98 Å². The molecule has 0 aliphatic carbocycles. The van der Waals surface area contributed by atoms with Crippen molar-refractivity contribution in [2.75, 3.05) is 32.1 Å². The molecule has 4 rings (SSSR count). The second kappa shape index (κ2) is 8.28. The van der Waals surface area contributed by atoms with E-state index in [2.05, 4.69) is 35.3 Å². The van der Waals surface area contributed by atoms with Gasteiger partial charge in [0.1, 0.15) is 11.6 Å². The van der Waals surface area contributed by atoms with Crippen molar-refractivity contribution in [1.82, 2.24) is 30.0 Å². The molecule has 9 nitrogen and oxygen atoms in total. The summed E-state index contributed by atoms with van der Waals surface area (Å²) in [6.07, 6.45) is 7.46. The van der Waals surface area contributed by atoms with Gasteiger partial charge in [-0.15, -0.1) is 0 Å². The first-order chi connectivity index (χ1) is 13.3. The molecule has 0 radical (unpaired) electrons. The molecule has 3 aromatic rings. The minimum absolute atomic E-state index is 0.124. The van der Waals surface area contributed by atoms with Crippen molar-refractivity contribution < 1.29 is 9.26 Å². The van der Waals surface area contributed by atoms with Crippen molar-refractivity contribution >= 4 is 5.82 Å². The summed E-state index contributed by atoms with van der Waals surface area (Å²) < 4.78 is 10.6. The van der Waals surface area contributed by atoms with E-state index in [1.165, 1.54) is 0 Å². The van der Waals surface area contributed by atoms with Gasteiger partial charge in [-0.1, -0.05) is 5.16 Å². The minimum Gasteiger partial charge on any atom is -0.383 e. The molecule has 1 fully saturated rings. The Hall–Kier alpha value is -2.78. The van der Waals surface area contributed by atoms with E-state index in [0.29, 0.717) is 24.9 Å². The van der Waals surface area contributed by atoms with Crippen molar-refractivity contribution in [1.29, 1.82) is 0 Å². The monoisotopic (exact) mass is 369 g/mol. The molecule has 0 bridgehead atoms. The highest BCUT2D eigenvalue weighted by Crippen LogP contribution is 2.32. The summed E-state index contributed by atoms with van der Waals surface area (Å²) in [7, 11) is 1.67. The van der Waals surface area contributed by atoms with Gasteiger partial charge < -0.3 is 19.6 Å². The van der Waals surface area contributed by atoms with Gasteiger partial charge in [0, 0.05) is 37.8 Å². The van der Waals surface area contributed by atoms with E-state index in [0.717, 1.165) is 43.1 Å². The van der Waals surface area contributed by atoms with Crippen LogP contribution in [-0.2, 0) is 11.3 Å². The fourth-order valence-corrected chi connectivity index (χ4v) is 3.27. The average Bonchev–Trinajstić information content (AvgIpc) is 3.45. The smallest absolute Gasteiger partial charge is 0.244 e. The summed E-state index contributed by atoms with van der Waals surface area (Å²) in [5, 5.41) is 7.34. The van der Waals surface area contributed by atoms with Crippen molar-refractivity contribution in [3.8, 4) is 11.4 Å². The largest absolute Gasteiger partial charge is 0.383 e. The third kappa shape index (κ3) is 4.15. The quantitative estimate of drug-likeness (QED) is 0.583. The number of rotatable bonds is 8. The standard InChI is InChI=1S/C18H23N7O2/c1-26-10-8-21-15-5-4-13(11-22-15)17-23-18(27-24-17)14-3-2-9-25(14)12-16-19-6-7-20-16/h4-7,11,14H,2-3,8-10,12H2,1H3,(H,19,20)(H,21,22)/t14-/m0/s1. The number of hydrogen-bond donors (Lipinski definition) is 2. The van der Waals surface area contributed by atoms with Crippen molar-refractivity contribution in [2.24, 2.45) is 0 Å². The number of imidazole rings is 1. The zero-order valence-electron chi connectivity index (χ0n) is 15.3. The van der Waals surface area contributed by atoms with Crippen LogP contribution in [0.4, 0.5) is 5.82 Å². The fraction of sp³-hybridized carbons (Fsp3) is 0.444. The number of likely N-dealkylation sites (tertiary alicyclic amines) is 1. The van der Waals surface area contributed by atoms with Crippen LogP contribution in [-0.4, -0.2) is 56.8 Å². The minimum atomic E-state index is 0.124. The lowest BCUT2D eigenvalue weighted by atomic mass is 10.2. The number of aromatic amines is 1. The Bertz CT molecular complexity index is 832. The second-order valence-electron chi connectivity index (χ2n) is 6.47. The van der Waals surface area contributed by atoms with E-state index in [9.17, 15) is 0 Å². The highest BCUT2D eigenvalue weighted by molar-refractivity contribution is 5.55. The second-order valence-corrected chi connectivity index (χ2v) is 6.47. The van der Waals surface area contributed by atoms with Gasteiger partial charge in [-0.25, -0.2) is 9.97 Å². The van der Waals surface area contributed by atoms with Crippen LogP contribution in [0.3, 0.4) is 0 Å². The lowest BCUT2D eigenvalue weighted by Gasteiger charge is -2.19. The van der Waals surface area contributed by atoms with Gasteiger partial charge in [-0.05, 0) is 31.5 Å². The molecule has 2 N–H and O–H groups in total. The number of methoxy groups -OCH3 is 1. The molecule has 1 saturated heterocycles. The van der Waals surface area contributed by atoms with Gasteiger partial charge in [0.15, 0.2) is 0 Å². The van der Waals surface area contributed by atoms with Crippen LogP contribution in [0.15, 0.2) is 35.2 Å². The van der Waals surface area contributed by atoms with Gasteiger partial charge in [0.2, 0.25) is 11.7 Å². The zero-order chi connectivity index (χ0) is 18.5. The molecule has 142 valence electrons. The number of aromatic nitrogens is 5. The average molecular weight is 369 g/mol. The number of hydrogen-bond acceptors (Lipinski definition) is 8. The molecular weight excluding hydrogens is 346 g/mol. The van der Waals surface area contributed by atoms with Gasteiger partial charge >= 0.3 is 0 Å². The van der Waals surface area contributed by atoms with E-state index in [1.54, 1.807) is 19.5 Å². The molecule has 0 saturated carbocycles. The van der Waals surface area contributed by atoms with Crippen LogP contribution in [0.5, 0.6) is 0 Å². The molecule has 9 heteroatoms. The Labute approximate surface area is 157 Å². The first kappa shape index (κ1) is 17.6. The number of nitrogens with one attached hydrogen (secondary N) is 2. The highest BCUT2D eigenvalue weighted by Gasteiger charge is 2.31. The summed E-state index contributed by atoms with van der Waals surface area (Å²) in [6.45, 7) is 3.08. The molecule has 27 heavy (non-hydrogen) atoms. The molecule has 0 aromatic carbocycles. The Morgan fingerprint density at radius 2 is 2.33 bits per heavy atom. The molecule has 3 aromatic heterocycles. The third-order valence-electron chi connectivity index (χ3n) is 4.63. The van der Waals surface area contributed by atoms with E-state index in [4.69, 9.17) is 9.26 Å². The van der Waals surface area contributed by atoms with Crippen LogP contribution in [0.2, 0.25) is 0 Å². The van der Waals surface area contributed by atoms with Gasteiger partial charge in [0.05, 0.1) is 19.2 Å². The maximum absolute atomic E-state index is 5.57. The highest BCUT2D eigenvalue weighted by atomic mass is 16.5. The SMILES string of the molecule is COCCNc1ccc(-c2noc([C@@H]3CCCN3Cc3ncc[nH]3)n2)cn1. The predicted molar refractivity (Wildman–Crippen MR) is 98.9 cm³/mol. The topological polar surface area (TPSA) is 105 Å². The van der Waals surface area contributed by atoms with Crippen LogP contribution in [0.25, 0.3) is 11.4 Å². The van der Waals surface area contributed by atoms with E-state index in [1.807, 2.05) is 18.3 Å². The summed E-state index contributed by atoms with van der Waals surface area (Å²) in [6, 6.07) is 3.96. The van der Waals surface area contributed by atoms with Crippen molar-refractivity contribution in [3.63, 3.8) is 0 Å². The van der Waals surface area contributed by atoms with Gasteiger partial charge in [0.25, 0.3) is 0 Å². The lowest BCUT2D eigenvalue weighted by molar-refractivity contribution is 0.197. The fourth-order valence-electron chi connectivity index (χ4n) is 3.27. The Kier molecular flexibility index (Phi) is 5.40. The Balaban J connectivity index is 1.43. The summed E-state index contributed by atoms with van der Waals surface area (Å²) in [5.74, 6) is 2.95. The molecule has 1 aliphatic heterocycles. The Morgan fingerprint density at radius 3 is 3.11 bits per heavy atom. The van der Waals surface area contributed by atoms with Crippen LogP contribution < -0.4 is 5.32 Å². The van der Waals surface area contributed by atoms with E-state index >= 15 is 0 Å². The Morgan fingerprint density at radius 1 is 1.37 bits per heavy atom. The lowest BCUT2D eigenvalue weighted by Crippen LogP contribution is -2.23. The van der Waals surface area contributed by atoms with Crippen LogP contribution in [0, 0.1) is 0 Å². The molecule has 1 atom stereocenters. The molecule has 0 spiro atoms. The summed E-state index contributed by atoms with van der Waals surface area (Å²) in [5.41, 5.74) is 0.831. The number of ether oxygens (including phenoxy) is 1. The van der Waals surface area contributed by atoms with Crippen LogP contribution in [0.1, 0.15) is 30.6 Å². The van der Waals surface area contributed by atoms with E-state index in [-0.39, 0.29) is 6.04 Å². The summed E-state index contributed by atoms with van der Waals surface area (Å²) in [4.78, 5) is 18.8. The number of pyridine rings is 1. The number of nitrogens with zero attached hydrogens (tertiary/aromatic N) is 5. The van der Waals surface area contributed by atoms with E-state index < -0.39 is 0 Å². The maximum atomic E-state index is 5.57. The molecule has 1 aliphatic rings. The number of anilines is 1. The zero-order valence-corrected chi connectivity index (χ0v) is 15.3. The molecule has 0 amide bonds. The predicted octanol–water partition coefficient (Wildman–Crippen LogP) is 2.25. The summed E-state index contributed by atoms with van der Waals surface area (Å²) >= 11 is 0. The van der Waals surface area contributed by atoms with Crippen molar-refractivity contribution in [3.05, 3.63) is 42.4 Å². The van der Waals surface area contributed by atoms with Crippen LogP contribution >= 0.6 is 0 Å². The molecule has 4 heterocycles. The third-order valence-corrected chi connectivity index (χ3v) is 4.63. The molecular formula is C18H23N7O2. The first-order valence-electron chi connectivity index (χ1n) is 9.08. The number of H-pyrrole nitrogens is 1. The van der Waals surface area contributed by atoms with Crippen molar-refractivity contribution in [2.45, 2.75) is 25.4 Å². The molecule has 0 unspecified atom stereocenters.